The van der Waals surface area contributed by atoms with Crippen molar-refractivity contribution in [2.45, 2.75) is 23.7 Å². The number of aromatic amines is 1. The third kappa shape index (κ3) is 2.93. The summed E-state index contributed by atoms with van der Waals surface area (Å²) in [5.74, 6) is -0.00925. The van der Waals surface area contributed by atoms with Crippen molar-refractivity contribution in [3.8, 4) is 0 Å². The third-order valence-corrected chi connectivity index (χ3v) is 5.86. The number of sulfone groups is 1. The second kappa shape index (κ2) is 5.85. The van der Waals surface area contributed by atoms with Crippen LogP contribution in [0.2, 0.25) is 0 Å². The number of nitrogens with one attached hydrogen (secondary N) is 1. The summed E-state index contributed by atoms with van der Waals surface area (Å²) in [5, 5.41) is 8.57. The van der Waals surface area contributed by atoms with Crippen molar-refractivity contribution in [2.75, 3.05) is 19.3 Å². The first-order chi connectivity index (χ1) is 10.5. The molecule has 2 aromatic rings. The first-order valence-corrected chi connectivity index (χ1v) is 9.80. The Labute approximate surface area is 133 Å². The van der Waals surface area contributed by atoms with Crippen molar-refractivity contribution in [2.24, 2.45) is 0 Å². The minimum atomic E-state index is -3.32. The molecule has 1 amide bonds. The summed E-state index contributed by atoms with van der Waals surface area (Å²) in [4.78, 5) is 15.2. The Morgan fingerprint density at radius 2 is 2.32 bits per heavy atom. The monoisotopic (exact) mass is 339 g/mol. The number of amides is 1. The molecule has 118 valence electrons. The first kappa shape index (κ1) is 15.2. The molecular weight excluding hydrogens is 322 g/mol. The van der Waals surface area contributed by atoms with Gasteiger partial charge in [-0.1, -0.05) is 6.07 Å². The van der Waals surface area contributed by atoms with Crippen LogP contribution < -0.4 is 0 Å². The van der Waals surface area contributed by atoms with E-state index in [4.69, 9.17) is 0 Å². The topological polar surface area (TPSA) is 83.1 Å². The largest absolute Gasteiger partial charge is 0.337 e. The van der Waals surface area contributed by atoms with Gasteiger partial charge in [-0.05, 0) is 24.3 Å². The minimum Gasteiger partial charge on any atom is -0.337 e. The molecule has 0 spiro atoms. The van der Waals surface area contributed by atoms with Crippen LogP contribution in [0.3, 0.4) is 0 Å². The van der Waals surface area contributed by atoms with Gasteiger partial charge in [-0.3, -0.25) is 9.89 Å². The molecule has 1 atom stereocenters. The van der Waals surface area contributed by atoms with Crippen molar-refractivity contribution >= 4 is 27.1 Å². The molecule has 2 aromatic heterocycles. The van der Waals surface area contributed by atoms with Crippen LogP contribution in [0.5, 0.6) is 0 Å². The lowest BCUT2D eigenvalue weighted by Crippen LogP contribution is -2.39. The van der Waals surface area contributed by atoms with Crippen LogP contribution in [-0.2, 0) is 9.84 Å². The van der Waals surface area contributed by atoms with Crippen LogP contribution in [0.1, 0.15) is 34.1 Å². The van der Waals surface area contributed by atoms with Crippen molar-refractivity contribution in [1.29, 1.82) is 0 Å². The quantitative estimate of drug-likeness (QED) is 0.926. The van der Waals surface area contributed by atoms with Crippen molar-refractivity contribution < 1.29 is 13.2 Å². The van der Waals surface area contributed by atoms with Gasteiger partial charge in [0.15, 0.2) is 9.84 Å². The first-order valence-electron chi connectivity index (χ1n) is 7.03. The third-order valence-electron chi connectivity index (χ3n) is 3.88. The Hall–Kier alpha value is -1.67. The summed E-state index contributed by atoms with van der Waals surface area (Å²) >= 11 is 1.42. The van der Waals surface area contributed by atoms with Gasteiger partial charge in [-0.25, -0.2) is 8.42 Å². The molecule has 0 radical (unpaired) electrons. The van der Waals surface area contributed by atoms with E-state index in [9.17, 15) is 13.2 Å². The fourth-order valence-electron chi connectivity index (χ4n) is 2.83. The second-order valence-corrected chi connectivity index (χ2v) is 8.42. The highest BCUT2D eigenvalue weighted by Crippen LogP contribution is 2.30. The summed E-state index contributed by atoms with van der Waals surface area (Å²) in [7, 11) is -3.32. The van der Waals surface area contributed by atoms with Crippen LogP contribution in [-0.4, -0.2) is 48.8 Å². The predicted molar refractivity (Wildman–Crippen MR) is 83.9 cm³/mol. The Balaban J connectivity index is 1.82. The smallest absolute Gasteiger partial charge is 0.263 e. The Bertz CT molecular complexity index is 765. The molecule has 6 nitrogen and oxygen atoms in total. The number of nitrogens with zero attached hydrogens (tertiary/aromatic N) is 2. The zero-order chi connectivity index (χ0) is 15.7. The Kier molecular flexibility index (Phi) is 4.05. The molecule has 0 unspecified atom stereocenters. The highest BCUT2D eigenvalue weighted by molar-refractivity contribution is 7.90. The van der Waals surface area contributed by atoms with E-state index in [1.807, 2.05) is 17.5 Å². The van der Waals surface area contributed by atoms with E-state index in [-0.39, 0.29) is 16.7 Å². The number of likely N-dealkylation sites (tertiary alicyclic amines) is 1. The number of H-pyrrole nitrogens is 1. The molecule has 0 saturated carbocycles. The van der Waals surface area contributed by atoms with E-state index in [2.05, 4.69) is 10.2 Å². The van der Waals surface area contributed by atoms with Gasteiger partial charge < -0.3 is 4.90 Å². The van der Waals surface area contributed by atoms with Crippen LogP contribution in [0, 0.1) is 0 Å². The van der Waals surface area contributed by atoms with E-state index in [1.165, 1.54) is 23.8 Å². The van der Waals surface area contributed by atoms with Crippen molar-refractivity contribution in [3.05, 3.63) is 34.3 Å². The summed E-state index contributed by atoms with van der Waals surface area (Å²) in [5.41, 5.74) is 0.617. The molecule has 3 heterocycles. The molecule has 1 saturated heterocycles. The molecule has 0 aromatic carbocycles. The molecule has 1 fully saturated rings. The van der Waals surface area contributed by atoms with Crippen molar-refractivity contribution in [1.82, 2.24) is 15.1 Å². The lowest BCUT2D eigenvalue weighted by atomic mass is 9.95. The fraction of sp³-hybridized carbons (Fsp3) is 0.429. The standard InChI is InChI=1S/C14H17N3O3S2/c1-22(19,20)12-8-15-16-13(12)10-4-2-6-17(9-10)14(18)11-5-3-7-21-11/h3,5,7-8,10H,2,4,6,9H2,1H3,(H,15,16)/t10-/m1/s1. The number of thiophene rings is 1. The van der Waals surface area contributed by atoms with E-state index < -0.39 is 9.84 Å². The lowest BCUT2D eigenvalue weighted by molar-refractivity contribution is 0.0710. The number of carbonyl (C=O) groups excluding carboxylic acids is 1. The van der Waals surface area contributed by atoms with Crippen LogP contribution in [0.25, 0.3) is 0 Å². The maximum Gasteiger partial charge on any atom is 0.263 e. The van der Waals surface area contributed by atoms with Gasteiger partial charge in [0, 0.05) is 25.3 Å². The molecule has 1 aliphatic rings. The van der Waals surface area contributed by atoms with Crippen LogP contribution >= 0.6 is 11.3 Å². The molecule has 22 heavy (non-hydrogen) atoms. The summed E-state index contributed by atoms with van der Waals surface area (Å²) < 4.78 is 23.6. The number of aromatic nitrogens is 2. The van der Waals surface area contributed by atoms with Crippen molar-refractivity contribution in [3.63, 3.8) is 0 Å². The molecule has 8 heteroatoms. The number of piperidine rings is 1. The van der Waals surface area contributed by atoms with Gasteiger partial charge in [-0.2, -0.15) is 5.10 Å². The van der Waals surface area contributed by atoms with Crippen LogP contribution in [0.4, 0.5) is 0 Å². The SMILES string of the molecule is CS(=O)(=O)c1cn[nH]c1[C@@H]1CCCN(C(=O)c2cccs2)C1. The normalized spacial score (nSPS) is 19.3. The summed E-state index contributed by atoms with van der Waals surface area (Å²) in [6.07, 6.45) is 4.23. The summed E-state index contributed by atoms with van der Waals surface area (Å²) in [6, 6.07) is 3.67. The average Bonchev–Trinajstić information content (AvgIpc) is 3.17. The highest BCUT2D eigenvalue weighted by Gasteiger charge is 2.30. The van der Waals surface area contributed by atoms with Gasteiger partial charge in [0.2, 0.25) is 0 Å². The zero-order valence-corrected chi connectivity index (χ0v) is 13.8. The molecule has 3 rings (SSSR count). The van der Waals surface area contributed by atoms with Crippen LogP contribution in [0.15, 0.2) is 28.6 Å². The van der Waals surface area contributed by atoms with E-state index in [0.29, 0.717) is 23.7 Å². The lowest BCUT2D eigenvalue weighted by Gasteiger charge is -2.32. The minimum absolute atomic E-state index is 0.0140. The summed E-state index contributed by atoms with van der Waals surface area (Å²) in [6.45, 7) is 1.22. The van der Waals surface area contributed by atoms with E-state index in [1.54, 1.807) is 4.90 Å². The predicted octanol–water partition coefficient (Wildman–Crippen LogP) is 1.89. The Morgan fingerprint density at radius 3 is 3.00 bits per heavy atom. The molecule has 1 N–H and O–H groups in total. The number of rotatable bonds is 3. The Morgan fingerprint density at radius 1 is 1.50 bits per heavy atom. The zero-order valence-electron chi connectivity index (χ0n) is 12.2. The average molecular weight is 339 g/mol. The highest BCUT2D eigenvalue weighted by atomic mass is 32.2. The molecule has 0 bridgehead atoms. The van der Waals surface area contributed by atoms with Gasteiger partial charge in [0.05, 0.1) is 16.8 Å². The maximum absolute atomic E-state index is 12.5. The van der Waals surface area contributed by atoms with E-state index >= 15 is 0 Å². The van der Waals surface area contributed by atoms with E-state index in [0.717, 1.165) is 12.8 Å². The second-order valence-electron chi connectivity index (χ2n) is 5.49. The maximum atomic E-state index is 12.5. The van der Waals surface area contributed by atoms with Gasteiger partial charge >= 0.3 is 0 Å². The number of hydrogen-bond donors (Lipinski definition) is 1. The van der Waals surface area contributed by atoms with Gasteiger partial charge in [0.1, 0.15) is 4.90 Å². The van der Waals surface area contributed by atoms with Gasteiger partial charge in [-0.15, -0.1) is 11.3 Å². The molecular formula is C14H17N3O3S2. The number of carbonyl (C=O) groups is 1. The van der Waals surface area contributed by atoms with Gasteiger partial charge in [0.25, 0.3) is 5.91 Å². The number of hydrogen-bond acceptors (Lipinski definition) is 5. The fourth-order valence-corrected chi connectivity index (χ4v) is 4.37. The molecule has 0 aliphatic carbocycles. The molecule has 1 aliphatic heterocycles.